The number of urea groups is 1. The van der Waals surface area contributed by atoms with E-state index in [-0.39, 0.29) is 24.2 Å². The summed E-state index contributed by atoms with van der Waals surface area (Å²) in [5.74, 6) is 5.22. The van der Waals surface area contributed by atoms with Gasteiger partial charge in [-0.2, -0.15) is 5.10 Å². The number of halogens is 2. The Kier molecular flexibility index (Phi) is 6.48. The maximum absolute atomic E-state index is 14.1. The lowest BCUT2D eigenvalue weighted by Gasteiger charge is -2.39. The summed E-state index contributed by atoms with van der Waals surface area (Å²) >= 11 is 0. The number of likely N-dealkylation sites (tertiary alicyclic amines) is 1. The van der Waals surface area contributed by atoms with Crippen LogP contribution in [0.4, 0.5) is 13.6 Å². The van der Waals surface area contributed by atoms with E-state index in [0.717, 1.165) is 41.1 Å². The second kappa shape index (κ2) is 9.71. The summed E-state index contributed by atoms with van der Waals surface area (Å²) < 4.78 is 28.3. The van der Waals surface area contributed by atoms with Crippen molar-refractivity contribution in [3.8, 4) is 11.3 Å². The number of H-pyrrole nitrogens is 1. The number of rotatable bonds is 4. The van der Waals surface area contributed by atoms with Gasteiger partial charge in [0.15, 0.2) is 0 Å². The number of fused-ring (bicyclic) bond motifs is 1. The molecule has 5 rings (SSSR count). The number of amides is 2. The predicted molar refractivity (Wildman–Crippen MR) is 127 cm³/mol. The van der Waals surface area contributed by atoms with Crippen LogP contribution in [0.1, 0.15) is 35.4 Å². The number of hydrogen-bond donors (Lipinski definition) is 2. The van der Waals surface area contributed by atoms with Gasteiger partial charge in [-0.3, -0.25) is 20.0 Å². The highest BCUT2D eigenvalue weighted by atomic mass is 19.1. The number of benzene rings is 1. The zero-order valence-corrected chi connectivity index (χ0v) is 19.7. The molecule has 2 aliphatic rings. The molecular weight excluding hydrogens is 452 g/mol. The third-order valence-corrected chi connectivity index (χ3v) is 6.91. The van der Waals surface area contributed by atoms with Gasteiger partial charge < -0.3 is 4.90 Å². The molecule has 2 aromatic heterocycles. The molecule has 0 saturated carbocycles. The number of aryl methyl sites for hydroxylation is 1. The fourth-order valence-corrected chi connectivity index (χ4v) is 5.02. The first kappa shape index (κ1) is 23.4. The summed E-state index contributed by atoms with van der Waals surface area (Å²) in [5.41, 5.74) is 4.74. The van der Waals surface area contributed by atoms with Crippen molar-refractivity contribution in [2.75, 3.05) is 19.6 Å². The van der Waals surface area contributed by atoms with Gasteiger partial charge in [0.2, 0.25) is 0 Å². The molecule has 35 heavy (non-hydrogen) atoms. The summed E-state index contributed by atoms with van der Waals surface area (Å²) in [4.78, 5) is 21.3. The van der Waals surface area contributed by atoms with Crippen LogP contribution in [-0.2, 0) is 19.5 Å². The maximum Gasteiger partial charge on any atom is 0.334 e. The fourth-order valence-electron chi connectivity index (χ4n) is 5.02. The van der Waals surface area contributed by atoms with Crippen molar-refractivity contribution in [2.24, 2.45) is 5.84 Å². The molecule has 4 heterocycles. The Bertz CT molecular complexity index is 1210. The Hall–Kier alpha value is -3.37. The van der Waals surface area contributed by atoms with Crippen molar-refractivity contribution >= 4 is 6.03 Å². The molecule has 0 unspecified atom stereocenters. The molecule has 0 aliphatic carbocycles. The van der Waals surface area contributed by atoms with Gasteiger partial charge in [0.25, 0.3) is 0 Å². The molecule has 1 fully saturated rings. The molecule has 8 nitrogen and oxygen atoms in total. The second-order valence-corrected chi connectivity index (χ2v) is 9.31. The fraction of sp³-hybridized carbons (Fsp3) is 0.400. The standard InChI is InChI=1S/C25H29F2N7O/c1-16-12-17(7-9-29-16)24-20-15-33(11-8-23(20)30-31-24)25(35)34(28)18-4-3-10-32(13-18)14-19-21(26)5-2-6-22(19)27/h2,5-7,9,12,18H,3-4,8,10-11,13-15,28H2,1H3,(H,30,31)/t18-/m1/s1. The van der Waals surface area contributed by atoms with Crippen molar-refractivity contribution in [3.05, 3.63) is 70.7 Å². The van der Waals surface area contributed by atoms with Gasteiger partial charge in [-0.25, -0.2) is 19.4 Å². The summed E-state index contributed by atoms with van der Waals surface area (Å²) in [6.07, 6.45) is 3.94. The van der Waals surface area contributed by atoms with Crippen LogP contribution in [-0.4, -0.2) is 61.7 Å². The topological polar surface area (TPSA) is 94.4 Å². The second-order valence-electron chi connectivity index (χ2n) is 9.31. The summed E-state index contributed by atoms with van der Waals surface area (Å²) in [6, 6.07) is 7.28. The number of hydrogen-bond acceptors (Lipinski definition) is 5. The van der Waals surface area contributed by atoms with Crippen molar-refractivity contribution in [1.82, 2.24) is 30.0 Å². The van der Waals surface area contributed by atoms with Crippen LogP contribution in [0.5, 0.6) is 0 Å². The first-order valence-corrected chi connectivity index (χ1v) is 11.9. The van der Waals surface area contributed by atoms with E-state index in [2.05, 4.69) is 15.2 Å². The van der Waals surface area contributed by atoms with Crippen molar-refractivity contribution in [3.63, 3.8) is 0 Å². The highest BCUT2D eigenvalue weighted by Gasteiger charge is 2.33. The molecule has 184 valence electrons. The van der Waals surface area contributed by atoms with Gasteiger partial charge in [0.05, 0.1) is 18.3 Å². The molecule has 3 aromatic rings. The first-order chi connectivity index (χ1) is 16.9. The van der Waals surface area contributed by atoms with Gasteiger partial charge in [-0.1, -0.05) is 6.07 Å². The van der Waals surface area contributed by atoms with Crippen LogP contribution in [0, 0.1) is 18.6 Å². The van der Waals surface area contributed by atoms with Gasteiger partial charge in [0.1, 0.15) is 11.6 Å². The number of pyridine rings is 1. The van der Waals surface area contributed by atoms with Crippen molar-refractivity contribution in [1.29, 1.82) is 0 Å². The van der Waals surface area contributed by atoms with Gasteiger partial charge in [0, 0.05) is 60.3 Å². The molecule has 3 N–H and O–H groups in total. The number of aromatic nitrogens is 3. The van der Waals surface area contributed by atoms with Gasteiger partial charge >= 0.3 is 6.03 Å². The average Bonchev–Trinajstić information content (AvgIpc) is 3.29. The average molecular weight is 482 g/mol. The molecule has 0 spiro atoms. The molecule has 1 atom stereocenters. The molecule has 2 aliphatic heterocycles. The van der Waals surface area contributed by atoms with E-state index in [1.807, 2.05) is 24.0 Å². The van der Waals surface area contributed by atoms with Crippen LogP contribution in [0.25, 0.3) is 11.3 Å². The Morgan fingerprint density at radius 1 is 1.26 bits per heavy atom. The highest BCUT2D eigenvalue weighted by molar-refractivity contribution is 5.75. The molecule has 0 radical (unpaired) electrons. The number of nitrogens with one attached hydrogen (secondary N) is 1. The Morgan fingerprint density at radius 2 is 2.06 bits per heavy atom. The number of hydrazine groups is 1. The maximum atomic E-state index is 14.1. The van der Waals surface area contributed by atoms with E-state index >= 15 is 0 Å². The number of carbonyl (C=O) groups excluding carboxylic acids is 1. The van der Waals surface area contributed by atoms with Crippen LogP contribution in [0.2, 0.25) is 0 Å². The Labute approximate surface area is 202 Å². The third-order valence-electron chi connectivity index (χ3n) is 6.91. The van der Waals surface area contributed by atoms with Gasteiger partial charge in [-0.05, 0) is 50.6 Å². The molecule has 1 aromatic carbocycles. The molecule has 1 saturated heterocycles. The Morgan fingerprint density at radius 3 is 2.83 bits per heavy atom. The molecular formula is C25H29F2N7O. The SMILES string of the molecule is Cc1cc(-c2n[nH]c3c2CN(C(=O)N(N)[C@@H]2CCCN(Cc4c(F)cccc4F)C2)CC3)ccn1. The van der Waals surface area contributed by atoms with E-state index in [1.165, 1.54) is 23.2 Å². The molecule has 10 heteroatoms. The summed E-state index contributed by atoms with van der Waals surface area (Å²) in [7, 11) is 0. The first-order valence-electron chi connectivity index (χ1n) is 11.9. The monoisotopic (exact) mass is 481 g/mol. The summed E-state index contributed by atoms with van der Waals surface area (Å²) in [5, 5.41) is 8.91. The normalized spacial score (nSPS) is 18.4. The third kappa shape index (κ3) is 4.76. The summed E-state index contributed by atoms with van der Waals surface area (Å²) in [6.45, 7) is 4.18. The van der Waals surface area contributed by atoms with E-state index in [1.54, 1.807) is 11.1 Å². The largest absolute Gasteiger partial charge is 0.334 e. The minimum atomic E-state index is -0.558. The lowest BCUT2D eigenvalue weighted by Crippen LogP contribution is -2.57. The Balaban J connectivity index is 1.27. The number of nitrogens with zero attached hydrogens (tertiary/aromatic N) is 5. The predicted octanol–water partition coefficient (Wildman–Crippen LogP) is 3.38. The molecule has 0 bridgehead atoms. The zero-order valence-electron chi connectivity index (χ0n) is 19.7. The zero-order chi connectivity index (χ0) is 24.5. The van der Waals surface area contributed by atoms with Crippen LogP contribution < -0.4 is 5.84 Å². The minimum Gasteiger partial charge on any atom is -0.319 e. The number of aromatic amines is 1. The van der Waals surface area contributed by atoms with E-state index < -0.39 is 11.6 Å². The number of nitrogens with two attached hydrogens (primary N) is 1. The van der Waals surface area contributed by atoms with E-state index in [0.29, 0.717) is 32.6 Å². The van der Waals surface area contributed by atoms with E-state index in [4.69, 9.17) is 5.84 Å². The molecule has 2 amide bonds. The lowest BCUT2D eigenvalue weighted by molar-refractivity contribution is 0.0845. The van der Waals surface area contributed by atoms with Crippen LogP contribution in [0.3, 0.4) is 0 Å². The van der Waals surface area contributed by atoms with Crippen LogP contribution >= 0.6 is 0 Å². The smallest absolute Gasteiger partial charge is 0.319 e. The quantitative estimate of drug-likeness (QED) is 0.339. The van der Waals surface area contributed by atoms with Gasteiger partial charge in [-0.15, -0.1) is 0 Å². The van der Waals surface area contributed by atoms with Crippen LogP contribution in [0.15, 0.2) is 36.5 Å². The van der Waals surface area contributed by atoms with E-state index in [9.17, 15) is 13.6 Å². The lowest BCUT2D eigenvalue weighted by atomic mass is 10.0. The van der Waals surface area contributed by atoms with Crippen molar-refractivity contribution < 1.29 is 13.6 Å². The highest BCUT2D eigenvalue weighted by Crippen LogP contribution is 2.29. The number of piperidine rings is 1. The minimum absolute atomic E-state index is 0.0467. The van der Waals surface area contributed by atoms with Crippen molar-refractivity contribution in [2.45, 2.75) is 45.3 Å². The number of carbonyl (C=O) groups is 1.